The number of nitrogens with zero attached hydrogens (tertiary/aromatic N) is 1. The number of alkyl halides is 2. The van der Waals surface area contributed by atoms with Crippen molar-refractivity contribution in [1.82, 2.24) is 4.98 Å². The van der Waals surface area contributed by atoms with Gasteiger partial charge in [0.2, 0.25) is 0 Å². The van der Waals surface area contributed by atoms with Crippen LogP contribution in [0.5, 0.6) is 5.75 Å². The topological polar surface area (TPSA) is 53.4 Å². The molecule has 1 aromatic heterocycles. The number of rotatable bonds is 2. The van der Waals surface area contributed by atoms with Crippen LogP contribution in [0, 0.1) is 3.70 Å². The molecule has 0 aliphatic rings. The molecule has 0 radical (unpaired) electrons. The smallest absolute Gasteiger partial charge is 0.284 e. The zero-order chi connectivity index (χ0) is 10.0. The lowest BCUT2D eigenvalue weighted by Gasteiger charge is -2.06. The zero-order valence-corrected chi connectivity index (χ0v) is 8.49. The average molecular weight is 301 g/mol. The summed E-state index contributed by atoms with van der Waals surface area (Å²) < 4.78 is 24.7. The largest absolute Gasteiger partial charge is 0.505 e. The molecule has 0 fully saturated rings. The molecule has 0 aliphatic carbocycles. The van der Waals surface area contributed by atoms with Gasteiger partial charge in [0.25, 0.3) is 6.43 Å². The van der Waals surface area contributed by atoms with Crippen LogP contribution in [-0.2, 0) is 6.61 Å². The number of pyridine rings is 1. The summed E-state index contributed by atoms with van der Waals surface area (Å²) in [4.78, 5) is 3.46. The summed E-state index contributed by atoms with van der Waals surface area (Å²) in [5.74, 6) is -0.627. The molecule has 0 saturated heterocycles. The second kappa shape index (κ2) is 4.14. The summed E-state index contributed by atoms with van der Waals surface area (Å²) in [5.41, 5.74) is -0.620. The van der Waals surface area contributed by atoms with E-state index in [0.29, 0.717) is 3.70 Å². The van der Waals surface area contributed by atoms with Crippen molar-refractivity contribution < 1.29 is 19.0 Å². The quantitative estimate of drug-likeness (QED) is 0.647. The third kappa shape index (κ3) is 2.25. The van der Waals surface area contributed by atoms with Gasteiger partial charge in [-0.05, 0) is 28.7 Å². The van der Waals surface area contributed by atoms with Gasteiger partial charge in [0.15, 0.2) is 0 Å². The van der Waals surface area contributed by atoms with Gasteiger partial charge in [-0.1, -0.05) is 0 Å². The Labute approximate surface area is 86.6 Å². The molecule has 1 aromatic rings. The van der Waals surface area contributed by atoms with Gasteiger partial charge in [0, 0.05) is 5.56 Å². The Morgan fingerprint density at radius 2 is 2.15 bits per heavy atom. The highest BCUT2D eigenvalue weighted by molar-refractivity contribution is 14.1. The van der Waals surface area contributed by atoms with Crippen LogP contribution in [0.15, 0.2) is 6.07 Å². The molecule has 0 aliphatic heterocycles. The van der Waals surface area contributed by atoms with Crippen LogP contribution in [0.25, 0.3) is 0 Å². The van der Waals surface area contributed by atoms with Crippen LogP contribution in [0.3, 0.4) is 0 Å². The van der Waals surface area contributed by atoms with E-state index in [-0.39, 0.29) is 5.56 Å². The van der Waals surface area contributed by atoms with E-state index in [1.807, 2.05) is 0 Å². The molecule has 0 aromatic carbocycles. The molecule has 2 N–H and O–H groups in total. The van der Waals surface area contributed by atoms with Gasteiger partial charge < -0.3 is 10.2 Å². The first-order valence-electron chi connectivity index (χ1n) is 3.33. The summed E-state index contributed by atoms with van der Waals surface area (Å²) in [7, 11) is 0. The summed E-state index contributed by atoms with van der Waals surface area (Å²) in [6.45, 7) is -0.482. The summed E-state index contributed by atoms with van der Waals surface area (Å²) in [6, 6.07) is 1.35. The van der Waals surface area contributed by atoms with E-state index in [4.69, 9.17) is 5.11 Å². The number of aliphatic hydroxyl groups is 1. The van der Waals surface area contributed by atoms with Crippen molar-refractivity contribution in [1.29, 1.82) is 0 Å². The molecule has 0 spiro atoms. The van der Waals surface area contributed by atoms with Crippen molar-refractivity contribution in [3.05, 3.63) is 21.0 Å². The first-order valence-corrected chi connectivity index (χ1v) is 4.41. The predicted molar refractivity (Wildman–Crippen MR) is 49.5 cm³/mol. The van der Waals surface area contributed by atoms with Crippen LogP contribution in [0.1, 0.15) is 17.7 Å². The SMILES string of the molecule is OCc1cc(I)nc(C(F)F)c1O. The summed E-state index contributed by atoms with van der Waals surface area (Å²) >= 11 is 1.74. The van der Waals surface area contributed by atoms with Crippen molar-refractivity contribution >= 4 is 22.6 Å². The molecule has 1 rings (SSSR count). The number of aromatic hydroxyl groups is 1. The maximum Gasteiger partial charge on any atom is 0.284 e. The molecule has 72 valence electrons. The Balaban J connectivity index is 3.27. The molecule has 0 bridgehead atoms. The number of aromatic nitrogens is 1. The third-order valence-corrected chi connectivity index (χ3v) is 2.00. The zero-order valence-electron chi connectivity index (χ0n) is 6.34. The van der Waals surface area contributed by atoms with Crippen molar-refractivity contribution in [2.24, 2.45) is 0 Å². The lowest BCUT2D eigenvalue weighted by molar-refractivity contribution is 0.140. The van der Waals surface area contributed by atoms with Crippen LogP contribution in [0.4, 0.5) is 8.78 Å². The lowest BCUT2D eigenvalue weighted by Crippen LogP contribution is -1.98. The number of halogens is 3. The second-order valence-corrected chi connectivity index (χ2v) is 3.40. The first-order chi connectivity index (χ1) is 6.06. The predicted octanol–water partition coefficient (Wildman–Crippen LogP) is 1.82. The summed E-state index contributed by atoms with van der Waals surface area (Å²) in [5, 5.41) is 17.9. The van der Waals surface area contributed by atoms with Gasteiger partial charge in [-0.2, -0.15) is 0 Å². The van der Waals surface area contributed by atoms with Gasteiger partial charge in [-0.15, -0.1) is 0 Å². The van der Waals surface area contributed by atoms with Crippen LogP contribution in [-0.4, -0.2) is 15.2 Å². The molecular weight excluding hydrogens is 295 g/mol. The molecule has 1 heterocycles. The van der Waals surface area contributed by atoms with E-state index in [9.17, 15) is 13.9 Å². The highest BCUT2D eigenvalue weighted by atomic mass is 127. The van der Waals surface area contributed by atoms with Gasteiger partial charge >= 0.3 is 0 Å². The van der Waals surface area contributed by atoms with Crippen molar-refractivity contribution in [2.75, 3.05) is 0 Å². The van der Waals surface area contributed by atoms with Gasteiger partial charge in [0.05, 0.1) is 6.61 Å². The fraction of sp³-hybridized carbons (Fsp3) is 0.286. The number of aliphatic hydroxyl groups excluding tert-OH is 1. The molecule has 6 heteroatoms. The molecular formula is C7H6F2INO2. The fourth-order valence-corrected chi connectivity index (χ4v) is 1.49. The minimum atomic E-state index is -2.83. The van der Waals surface area contributed by atoms with Gasteiger partial charge in [0.1, 0.15) is 15.1 Å². The van der Waals surface area contributed by atoms with Crippen LogP contribution >= 0.6 is 22.6 Å². The molecule has 0 amide bonds. The van der Waals surface area contributed by atoms with E-state index in [1.165, 1.54) is 6.07 Å². The van der Waals surface area contributed by atoms with Gasteiger partial charge in [-0.25, -0.2) is 13.8 Å². The Morgan fingerprint density at radius 1 is 1.54 bits per heavy atom. The third-order valence-electron chi connectivity index (χ3n) is 1.44. The standard InChI is InChI=1S/C7H6F2INO2/c8-7(9)5-6(13)3(2-12)1-4(10)11-5/h1,7,12-13H,2H2. The maximum absolute atomic E-state index is 12.2. The Morgan fingerprint density at radius 3 is 2.62 bits per heavy atom. The number of hydrogen-bond acceptors (Lipinski definition) is 3. The van der Waals surface area contributed by atoms with Crippen LogP contribution in [0.2, 0.25) is 0 Å². The molecule has 3 nitrogen and oxygen atoms in total. The summed E-state index contributed by atoms with van der Waals surface area (Å²) in [6.07, 6.45) is -2.83. The molecule has 0 unspecified atom stereocenters. The fourth-order valence-electron chi connectivity index (χ4n) is 0.850. The maximum atomic E-state index is 12.2. The van der Waals surface area contributed by atoms with E-state index in [0.717, 1.165) is 0 Å². The highest BCUT2D eigenvalue weighted by Crippen LogP contribution is 2.30. The van der Waals surface area contributed by atoms with E-state index < -0.39 is 24.5 Å². The molecule has 13 heavy (non-hydrogen) atoms. The molecule has 0 atom stereocenters. The normalized spacial score (nSPS) is 10.8. The minimum Gasteiger partial charge on any atom is -0.505 e. The van der Waals surface area contributed by atoms with Crippen LogP contribution < -0.4 is 0 Å². The van der Waals surface area contributed by atoms with E-state index >= 15 is 0 Å². The average Bonchev–Trinajstić information content (AvgIpc) is 2.08. The Kier molecular flexibility index (Phi) is 3.37. The van der Waals surface area contributed by atoms with Crippen molar-refractivity contribution in [3.63, 3.8) is 0 Å². The second-order valence-electron chi connectivity index (χ2n) is 2.30. The Bertz CT molecular complexity index is 320. The minimum absolute atomic E-state index is 0.0645. The van der Waals surface area contributed by atoms with Gasteiger partial charge in [-0.3, -0.25) is 0 Å². The monoisotopic (exact) mass is 301 g/mol. The van der Waals surface area contributed by atoms with E-state index in [1.54, 1.807) is 22.6 Å². The van der Waals surface area contributed by atoms with E-state index in [2.05, 4.69) is 4.98 Å². The van der Waals surface area contributed by atoms with Crippen molar-refractivity contribution in [3.8, 4) is 5.75 Å². The van der Waals surface area contributed by atoms with Crippen molar-refractivity contribution in [2.45, 2.75) is 13.0 Å². The number of hydrogen-bond donors (Lipinski definition) is 2. The molecule has 0 saturated carbocycles. The highest BCUT2D eigenvalue weighted by Gasteiger charge is 2.18. The lowest BCUT2D eigenvalue weighted by atomic mass is 10.2. The first kappa shape index (κ1) is 10.6. The Hall–Kier alpha value is -0.500.